The number of nitrogens with zero attached hydrogens (tertiary/aromatic N) is 1. The van der Waals surface area contributed by atoms with Crippen molar-refractivity contribution in [3.63, 3.8) is 0 Å². The predicted octanol–water partition coefficient (Wildman–Crippen LogP) is 2.14. The molecule has 0 unspecified atom stereocenters. The third kappa shape index (κ3) is 6.70. The molecule has 0 amide bonds. The van der Waals surface area contributed by atoms with E-state index in [4.69, 9.17) is 5.73 Å². The van der Waals surface area contributed by atoms with E-state index in [1.54, 1.807) is 17.5 Å². The average molecular weight is 342 g/mol. The van der Waals surface area contributed by atoms with Crippen LogP contribution in [0, 0.1) is 0 Å². The highest BCUT2D eigenvalue weighted by atomic mass is 35.5. The fourth-order valence-electron chi connectivity index (χ4n) is 2.44. The molecule has 0 spiro atoms. The Labute approximate surface area is 137 Å². The molecule has 0 bridgehead atoms. The third-order valence-corrected chi connectivity index (χ3v) is 4.41. The lowest BCUT2D eigenvalue weighted by molar-refractivity contribution is 0.135. The maximum atomic E-state index is 10.0. The number of nitrogens with one attached hydrogen (secondary N) is 1. The molecule has 2 atom stereocenters. The van der Waals surface area contributed by atoms with Gasteiger partial charge >= 0.3 is 0 Å². The molecule has 7 heteroatoms. The third-order valence-electron chi connectivity index (χ3n) is 3.61. The molecule has 4 N–H and O–H groups in total. The van der Waals surface area contributed by atoms with Crippen molar-refractivity contribution in [2.75, 3.05) is 6.54 Å². The molecule has 1 saturated carbocycles. The van der Waals surface area contributed by atoms with E-state index in [1.165, 1.54) is 32.1 Å². The number of halogens is 2. The summed E-state index contributed by atoms with van der Waals surface area (Å²) in [5.41, 5.74) is 6.00. The van der Waals surface area contributed by atoms with Crippen LogP contribution in [-0.4, -0.2) is 34.8 Å². The lowest BCUT2D eigenvalue weighted by Crippen LogP contribution is -2.46. The standard InChI is InChI=1S/C13H23N3OS.2ClH/c14-11(8-13-15-6-7-18-13)12(17)9-16-10-4-2-1-3-5-10;;/h6-7,10-12,16-17H,1-5,8-9,14H2;2*1H/t11-,12+;;/m0../s1. The second kappa shape index (κ2) is 10.8. The highest BCUT2D eigenvalue weighted by Gasteiger charge is 2.19. The zero-order valence-corrected chi connectivity index (χ0v) is 14.0. The minimum atomic E-state index is -0.490. The van der Waals surface area contributed by atoms with Crippen molar-refractivity contribution in [3.8, 4) is 0 Å². The summed E-state index contributed by atoms with van der Waals surface area (Å²) in [5, 5.41) is 16.4. The predicted molar refractivity (Wildman–Crippen MR) is 89.2 cm³/mol. The number of nitrogens with two attached hydrogens (primary N) is 1. The SMILES string of the molecule is Cl.Cl.N[C@@H](Cc1nccs1)[C@H](O)CNC1CCCCC1. The zero-order valence-electron chi connectivity index (χ0n) is 11.5. The molecule has 1 aliphatic rings. The van der Waals surface area contributed by atoms with Gasteiger partial charge in [0.15, 0.2) is 0 Å². The second-order valence-corrected chi connectivity index (χ2v) is 6.08. The van der Waals surface area contributed by atoms with Gasteiger partial charge in [-0.05, 0) is 12.8 Å². The smallest absolute Gasteiger partial charge is 0.0941 e. The molecule has 0 aliphatic heterocycles. The van der Waals surface area contributed by atoms with E-state index in [9.17, 15) is 5.11 Å². The molecule has 1 aliphatic carbocycles. The number of rotatable bonds is 6. The van der Waals surface area contributed by atoms with E-state index < -0.39 is 6.10 Å². The van der Waals surface area contributed by atoms with Crippen LogP contribution in [0.25, 0.3) is 0 Å². The molecule has 1 heterocycles. The molecule has 1 aromatic heterocycles. The van der Waals surface area contributed by atoms with Gasteiger partial charge in [0.2, 0.25) is 0 Å². The van der Waals surface area contributed by atoms with Crippen LogP contribution >= 0.6 is 36.2 Å². The summed E-state index contributed by atoms with van der Waals surface area (Å²) in [4.78, 5) is 4.20. The molecule has 2 rings (SSSR count). The quantitative estimate of drug-likeness (QED) is 0.741. The van der Waals surface area contributed by atoms with Crippen LogP contribution in [-0.2, 0) is 6.42 Å². The molecule has 0 aromatic carbocycles. The summed E-state index contributed by atoms with van der Waals surface area (Å²) in [5.74, 6) is 0. The Bertz CT molecular complexity index is 334. The van der Waals surface area contributed by atoms with Gasteiger partial charge in [-0.3, -0.25) is 0 Å². The number of thiazole rings is 1. The van der Waals surface area contributed by atoms with Gasteiger partial charge in [0.05, 0.1) is 11.1 Å². The molecular formula is C13H25Cl2N3OS. The largest absolute Gasteiger partial charge is 0.390 e. The van der Waals surface area contributed by atoms with Crippen molar-refractivity contribution >= 4 is 36.2 Å². The highest BCUT2D eigenvalue weighted by Crippen LogP contribution is 2.17. The van der Waals surface area contributed by atoms with E-state index >= 15 is 0 Å². The molecule has 0 saturated heterocycles. The Hall–Kier alpha value is 0.0900. The number of aliphatic hydroxyl groups excluding tert-OH is 1. The van der Waals surface area contributed by atoms with E-state index in [0.717, 1.165) is 5.01 Å². The van der Waals surface area contributed by atoms with Crippen LogP contribution < -0.4 is 11.1 Å². The fraction of sp³-hybridized carbons (Fsp3) is 0.769. The molecule has 118 valence electrons. The number of hydrogen-bond acceptors (Lipinski definition) is 5. The lowest BCUT2D eigenvalue weighted by atomic mass is 9.95. The van der Waals surface area contributed by atoms with Crippen LogP contribution in [0.5, 0.6) is 0 Å². The molecule has 4 nitrogen and oxygen atoms in total. The van der Waals surface area contributed by atoms with Crippen LogP contribution in [0.4, 0.5) is 0 Å². The number of aliphatic hydroxyl groups is 1. The number of aromatic nitrogens is 1. The first-order valence-corrected chi connectivity index (χ1v) is 7.69. The summed E-state index contributed by atoms with van der Waals surface area (Å²) < 4.78 is 0. The van der Waals surface area contributed by atoms with Crippen LogP contribution in [0.1, 0.15) is 37.1 Å². The highest BCUT2D eigenvalue weighted by molar-refractivity contribution is 7.09. The van der Waals surface area contributed by atoms with Crippen molar-refractivity contribution in [1.29, 1.82) is 0 Å². The summed E-state index contributed by atoms with van der Waals surface area (Å²) in [6.07, 6.45) is 8.37. The van der Waals surface area contributed by atoms with E-state index in [-0.39, 0.29) is 30.9 Å². The minimum Gasteiger partial charge on any atom is -0.390 e. The Morgan fingerprint density at radius 3 is 2.65 bits per heavy atom. The summed E-state index contributed by atoms with van der Waals surface area (Å²) in [6, 6.07) is 0.340. The Morgan fingerprint density at radius 2 is 2.05 bits per heavy atom. The van der Waals surface area contributed by atoms with E-state index in [1.807, 2.05) is 5.38 Å². The first-order chi connectivity index (χ1) is 8.75. The van der Waals surface area contributed by atoms with Crippen LogP contribution in [0.3, 0.4) is 0 Å². The van der Waals surface area contributed by atoms with Crippen molar-refractivity contribution in [2.24, 2.45) is 5.73 Å². The van der Waals surface area contributed by atoms with Gasteiger partial charge in [0.25, 0.3) is 0 Å². The maximum absolute atomic E-state index is 10.0. The van der Waals surface area contributed by atoms with Gasteiger partial charge in [-0.2, -0.15) is 0 Å². The number of hydrogen-bond donors (Lipinski definition) is 3. The van der Waals surface area contributed by atoms with Crippen molar-refractivity contribution in [3.05, 3.63) is 16.6 Å². The normalized spacial score (nSPS) is 18.7. The summed E-state index contributed by atoms with van der Waals surface area (Å²) >= 11 is 1.59. The van der Waals surface area contributed by atoms with Gasteiger partial charge in [-0.25, -0.2) is 4.98 Å². The van der Waals surface area contributed by atoms with E-state index in [0.29, 0.717) is 19.0 Å². The fourth-order valence-corrected chi connectivity index (χ4v) is 3.13. The Balaban J connectivity index is 0.00000180. The van der Waals surface area contributed by atoms with E-state index in [2.05, 4.69) is 10.3 Å². The van der Waals surface area contributed by atoms with Gasteiger partial charge in [-0.15, -0.1) is 36.2 Å². The lowest BCUT2D eigenvalue weighted by Gasteiger charge is -2.26. The van der Waals surface area contributed by atoms with Crippen molar-refractivity contribution < 1.29 is 5.11 Å². The molecular weight excluding hydrogens is 317 g/mol. The van der Waals surface area contributed by atoms with Gasteiger partial charge in [-0.1, -0.05) is 19.3 Å². The average Bonchev–Trinajstić information content (AvgIpc) is 2.90. The first-order valence-electron chi connectivity index (χ1n) is 6.81. The van der Waals surface area contributed by atoms with Gasteiger partial charge in [0, 0.05) is 36.6 Å². The second-order valence-electron chi connectivity index (χ2n) is 5.10. The zero-order chi connectivity index (χ0) is 12.8. The molecule has 1 fully saturated rings. The maximum Gasteiger partial charge on any atom is 0.0941 e. The molecule has 1 aromatic rings. The molecule has 0 radical (unpaired) electrons. The van der Waals surface area contributed by atoms with Crippen molar-refractivity contribution in [1.82, 2.24) is 10.3 Å². The molecule has 20 heavy (non-hydrogen) atoms. The first kappa shape index (κ1) is 20.1. The van der Waals surface area contributed by atoms with Crippen LogP contribution in [0.2, 0.25) is 0 Å². The monoisotopic (exact) mass is 341 g/mol. The summed E-state index contributed by atoms with van der Waals surface area (Å²) in [6.45, 7) is 0.594. The Kier molecular flexibility index (Phi) is 10.8. The topological polar surface area (TPSA) is 71.2 Å². The minimum absolute atomic E-state index is 0. The van der Waals surface area contributed by atoms with Gasteiger partial charge < -0.3 is 16.2 Å². The van der Waals surface area contributed by atoms with Crippen molar-refractivity contribution in [2.45, 2.75) is 56.7 Å². The summed E-state index contributed by atoms with van der Waals surface area (Å²) in [7, 11) is 0. The Morgan fingerprint density at radius 1 is 1.35 bits per heavy atom. The van der Waals surface area contributed by atoms with Crippen LogP contribution in [0.15, 0.2) is 11.6 Å². The van der Waals surface area contributed by atoms with Gasteiger partial charge in [0.1, 0.15) is 0 Å².